The van der Waals surface area contributed by atoms with Gasteiger partial charge in [0.25, 0.3) is 0 Å². The van der Waals surface area contributed by atoms with Crippen molar-refractivity contribution in [1.29, 1.82) is 0 Å². The molecule has 3 rings (SSSR count). The summed E-state index contributed by atoms with van der Waals surface area (Å²) in [4.78, 5) is 31.3. The molecule has 2 aromatic carbocycles. The fraction of sp³-hybridized carbons (Fsp3) is 0.321. The summed E-state index contributed by atoms with van der Waals surface area (Å²) in [5.41, 5.74) is 5.96. The number of carbonyl (C=O) groups is 2. The van der Waals surface area contributed by atoms with E-state index in [-0.39, 0.29) is 18.3 Å². The van der Waals surface area contributed by atoms with Crippen LogP contribution in [0.3, 0.4) is 0 Å². The van der Waals surface area contributed by atoms with Crippen LogP contribution in [-0.4, -0.2) is 34.9 Å². The molecule has 0 aliphatic carbocycles. The van der Waals surface area contributed by atoms with Gasteiger partial charge in [0, 0.05) is 31.3 Å². The number of aryl methyl sites for hydroxylation is 2. The van der Waals surface area contributed by atoms with Crippen molar-refractivity contribution in [3.8, 4) is 11.3 Å². The van der Waals surface area contributed by atoms with Gasteiger partial charge in [-0.3, -0.25) is 14.6 Å². The first-order valence-corrected chi connectivity index (χ1v) is 11.5. The summed E-state index contributed by atoms with van der Waals surface area (Å²) in [7, 11) is 0. The van der Waals surface area contributed by atoms with Gasteiger partial charge in [0.2, 0.25) is 5.91 Å². The van der Waals surface area contributed by atoms with E-state index in [2.05, 4.69) is 23.2 Å². The standard InChI is InChI=1S/C28H32N2O3/c1-4-30(27(31)14-12-22-9-7-6-8-10-22)20-24-17-21(3)11-13-25(24)26-18-23(15-16-29-26)19-28(32)33-5-2/h6-11,13,15-18H,4-5,12,14,19-20H2,1-3H3. The molecule has 1 amide bonds. The normalized spacial score (nSPS) is 10.6. The van der Waals surface area contributed by atoms with Gasteiger partial charge < -0.3 is 9.64 Å². The molecule has 33 heavy (non-hydrogen) atoms. The minimum Gasteiger partial charge on any atom is -0.466 e. The first-order valence-electron chi connectivity index (χ1n) is 11.5. The van der Waals surface area contributed by atoms with Gasteiger partial charge in [-0.1, -0.05) is 54.1 Å². The minimum absolute atomic E-state index is 0.137. The van der Waals surface area contributed by atoms with E-state index >= 15 is 0 Å². The smallest absolute Gasteiger partial charge is 0.310 e. The number of aromatic nitrogens is 1. The summed E-state index contributed by atoms with van der Waals surface area (Å²) < 4.78 is 5.08. The van der Waals surface area contributed by atoms with Crippen molar-refractivity contribution in [1.82, 2.24) is 9.88 Å². The third-order valence-electron chi connectivity index (χ3n) is 5.58. The van der Waals surface area contributed by atoms with Crippen LogP contribution in [0.4, 0.5) is 0 Å². The number of pyridine rings is 1. The van der Waals surface area contributed by atoms with Crippen LogP contribution < -0.4 is 0 Å². The fourth-order valence-electron chi connectivity index (χ4n) is 3.85. The summed E-state index contributed by atoms with van der Waals surface area (Å²) in [6, 6.07) is 20.1. The minimum atomic E-state index is -0.250. The number of nitrogens with zero attached hydrogens (tertiary/aromatic N) is 2. The molecular weight excluding hydrogens is 412 g/mol. The molecule has 0 spiro atoms. The Morgan fingerprint density at radius 1 is 0.970 bits per heavy atom. The van der Waals surface area contributed by atoms with Crippen LogP contribution in [0.25, 0.3) is 11.3 Å². The molecule has 5 heteroatoms. The lowest BCUT2D eigenvalue weighted by molar-refractivity contribution is -0.142. The SMILES string of the molecule is CCOC(=O)Cc1ccnc(-c2ccc(C)cc2CN(CC)C(=O)CCc2ccccc2)c1. The molecule has 0 bridgehead atoms. The molecule has 0 N–H and O–H groups in total. The first-order chi connectivity index (χ1) is 16.0. The van der Waals surface area contributed by atoms with Gasteiger partial charge >= 0.3 is 5.97 Å². The zero-order chi connectivity index (χ0) is 23.6. The van der Waals surface area contributed by atoms with Crippen LogP contribution in [0.15, 0.2) is 66.9 Å². The molecule has 3 aromatic rings. The Morgan fingerprint density at radius 3 is 2.48 bits per heavy atom. The molecule has 0 saturated heterocycles. The molecule has 0 saturated carbocycles. The topological polar surface area (TPSA) is 59.5 Å². The number of esters is 1. The maximum atomic E-state index is 13.0. The molecule has 1 aromatic heterocycles. The predicted octanol–water partition coefficient (Wildman–Crippen LogP) is 5.14. The Kier molecular flexibility index (Phi) is 8.76. The van der Waals surface area contributed by atoms with Gasteiger partial charge in [0.1, 0.15) is 0 Å². The van der Waals surface area contributed by atoms with Crippen molar-refractivity contribution < 1.29 is 14.3 Å². The highest BCUT2D eigenvalue weighted by atomic mass is 16.5. The number of hydrogen-bond acceptors (Lipinski definition) is 4. The van der Waals surface area contributed by atoms with Gasteiger partial charge in [0.15, 0.2) is 0 Å². The van der Waals surface area contributed by atoms with E-state index in [1.807, 2.05) is 61.2 Å². The van der Waals surface area contributed by atoms with Gasteiger partial charge in [-0.05, 0) is 56.0 Å². The van der Waals surface area contributed by atoms with Crippen molar-refractivity contribution in [2.24, 2.45) is 0 Å². The van der Waals surface area contributed by atoms with Gasteiger partial charge in [0.05, 0.1) is 18.7 Å². The molecule has 172 valence electrons. The highest BCUT2D eigenvalue weighted by molar-refractivity contribution is 5.77. The lowest BCUT2D eigenvalue weighted by Gasteiger charge is -2.23. The number of rotatable bonds is 10. The lowest BCUT2D eigenvalue weighted by atomic mass is 9.99. The van der Waals surface area contributed by atoms with E-state index in [0.717, 1.165) is 34.4 Å². The van der Waals surface area contributed by atoms with Crippen LogP contribution >= 0.6 is 0 Å². The molecular formula is C28H32N2O3. The van der Waals surface area contributed by atoms with Crippen LogP contribution in [0, 0.1) is 6.92 Å². The van der Waals surface area contributed by atoms with Gasteiger partial charge in [-0.2, -0.15) is 0 Å². The van der Waals surface area contributed by atoms with Gasteiger partial charge in [-0.15, -0.1) is 0 Å². The highest BCUT2D eigenvalue weighted by Crippen LogP contribution is 2.26. The Balaban J connectivity index is 1.79. The maximum Gasteiger partial charge on any atom is 0.310 e. The summed E-state index contributed by atoms with van der Waals surface area (Å²) in [6.45, 7) is 7.38. The van der Waals surface area contributed by atoms with Crippen LogP contribution in [-0.2, 0) is 33.7 Å². The average molecular weight is 445 g/mol. The second kappa shape index (κ2) is 12.0. The summed E-state index contributed by atoms with van der Waals surface area (Å²) in [5, 5.41) is 0. The third kappa shape index (κ3) is 7.01. The zero-order valence-electron chi connectivity index (χ0n) is 19.7. The molecule has 1 heterocycles. The summed E-state index contributed by atoms with van der Waals surface area (Å²) in [5.74, 6) is -0.113. The number of ether oxygens (including phenoxy) is 1. The molecule has 0 radical (unpaired) electrons. The van der Waals surface area contributed by atoms with E-state index in [1.54, 1.807) is 13.1 Å². The van der Waals surface area contributed by atoms with Crippen LogP contribution in [0.1, 0.15) is 42.5 Å². The lowest BCUT2D eigenvalue weighted by Crippen LogP contribution is -2.30. The van der Waals surface area contributed by atoms with E-state index in [4.69, 9.17) is 4.74 Å². The first kappa shape index (κ1) is 24.2. The van der Waals surface area contributed by atoms with E-state index in [9.17, 15) is 9.59 Å². The zero-order valence-corrected chi connectivity index (χ0v) is 19.7. The van der Waals surface area contributed by atoms with E-state index in [0.29, 0.717) is 26.1 Å². The van der Waals surface area contributed by atoms with Crippen molar-refractivity contribution >= 4 is 11.9 Å². The Bertz CT molecular complexity index is 1080. The number of carbonyl (C=O) groups excluding carboxylic acids is 2. The van der Waals surface area contributed by atoms with Gasteiger partial charge in [-0.25, -0.2) is 0 Å². The highest BCUT2D eigenvalue weighted by Gasteiger charge is 2.16. The molecule has 5 nitrogen and oxygen atoms in total. The van der Waals surface area contributed by atoms with Crippen molar-refractivity contribution in [2.75, 3.05) is 13.2 Å². The van der Waals surface area contributed by atoms with Crippen molar-refractivity contribution in [2.45, 2.75) is 46.6 Å². The average Bonchev–Trinajstić information content (AvgIpc) is 2.82. The molecule has 0 aliphatic heterocycles. The second-order valence-electron chi connectivity index (χ2n) is 8.09. The third-order valence-corrected chi connectivity index (χ3v) is 5.58. The molecule has 0 unspecified atom stereocenters. The fourth-order valence-corrected chi connectivity index (χ4v) is 3.85. The largest absolute Gasteiger partial charge is 0.466 e. The quantitative estimate of drug-likeness (QED) is 0.406. The van der Waals surface area contributed by atoms with Crippen molar-refractivity contribution in [3.63, 3.8) is 0 Å². The second-order valence-corrected chi connectivity index (χ2v) is 8.09. The van der Waals surface area contributed by atoms with Crippen LogP contribution in [0.2, 0.25) is 0 Å². The summed E-state index contributed by atoms with van der Waals surface area (Å²) >= 11 is 0. The van der Waals surface area contributed by atoms with Crippen LogP contribution in [0.5, 0.6) is 0 Å². The molecule has 0 atom stereocenters. The molecule has 0 aliphatic rings. The summed E-state index contributed by atoms with van der Waals surface area (Å²) in [6.07, 6.45) is 3.14. The van der Waals surface area contributed by atoms with E-state index < -0.39 is 0 Å². The number of amides is 1. The van der Waals surface area contributed by atoms with E-state index in [1.165, 1.54) is 5.56 Å². The molecule has 0 fully saturated rings. The van der Waals surface area contributed by atoms with Crippen molar-refractivity contribution in [3.05, 3.63) is 89.1 Å². The maximum absolute atomic E-state index is 13.0. The Hall–Kier alpha value is -3.47. The Morgan fingerprint density at radius 2 is 1.76 bits per heavy atom. The monoisotopic (exact) mass is 444 g/mol. The predicted molar refractivity (Wildman–Crippen MR) is 131 cm³/mol. The number of hydrogen-bond donors (Lipinski definition) is 0. The Labute approximate surface area is 196 Å². The number of benzene rings is 2.